The first-order chi connectivity index (χ1) is 12.3. The Labute approximate surface area is 155 Å². The largest absolute Gasteiger partial charge is 0.325 e. The molecule has 1 saturated carbocycles. The van der Waals surface area contributed by atoms with E-state index in [1.165, 1.54) is 0 Å². The molecular weight excluding hydrogens is 346 g/mol. The van der Waals surface area contributed by atoms with Gasteiger partial charge in [-0.15, -0.1) is 0 Å². The second kappa shape index (κ2) is 6.88. The second-order valence-electron chi connectivity index (χ2n) is 7.27. The maximum atomic E-state index is 13.4. The van der Waals surface area contributed by atoms with Crippen molar-refractivity contribution in [2.45, 2.75) is 56.1 Å². The van der Waals surface area contributed by atoms with Crippen LogP contribution in [0.1, 0.15) is 42.4 Å². The van der Waals surface area contributed by atoms with E-state index in [1.807, 2.05) is 39.0 Å². The number of nitrogens with one attached hydrogen (secondary N) is 1. The molecule has 1 aliphatic carbocycles. The second-order valence-corrected chi connectivity index (χ2v) is 9.53. The topological polar surface area (TPSA) is 63.2 Å². The molecule has 0 atom stereocenters. The van der Waals surface area contributed by atoms with Crippen LogP contribution < -0.4 is 5.32 Å². The molecule has 0 saturated heterocycles. The molecule has 2 aromatic rings. The Morgan fingerprint density at radius 2 is 1.54 bits per heavy atom. The quantitative estimate of drug-likeness (QED) is 0.870. The zero-order chi connectivity index (χ0) is 18.9. The Morgan fingerprint density at radius 1 is 0.923 bits per heavy atom. The smallest absolute Gasteiger partial charge is 0.246 e. The number of hydrogen-bond donors (Lipinski definition) is 1. The van der Waals surface area contributed by atoms with Gasteiger partial charge in [0, 0.05) is 5.69 Å². The van der Waals surface area contributed by atoms with Gasteiger partial charge in [-0.25, -0.2) is 8.42 Å². The lowest BCUT2D eigenvalue weighted by atomic mass is 10.1. The average Bonchev–Trinajstić information content (AvgIpc) is 3.10. The number of carbonyl (C=O) groups is 1. The third-order valence-corrected chi connectivity index (χ3v) is 7.95. The van der Waals surface area contributed by atoms with Gasteiger partial charge in [-0.2, -0.15) is 0 Å². The van der Waals surface area contributed by atoms with Crippen LogP contribution in [0.5, 0.6) is 0 Å². The average molecular weight is 372 g/mol. The van der Waals surface area contributed by atoms with Crippen LogP contribution in [0.25, 0.3) is 0 Å². The van der Waals surface area contributed by atoms with Gasteiger partial charge in [-0.05, 0) is 69.0 Å². The van der Waals surface area contributed by atoms with Gasteiger partial charge in [0.1, 0.15) is 0 Å². The van der Waals surface area contributed by atoms with E-state index in [1.54, 1.807) is 24.3 Å². The molecule has 1 N–H and O–H groups in total. The fourth-order valence-electron chi connectivity index (χ4n) is 3.57. The summed E-state index contributed by atoms with van der Waals surface area (Å²) in [5.74, 6) is -0.418. The van der Waals surface area contributed by atoms with E-state index in [0.717, 1.165) is 29.5 Å². The molecular formula is C21H25NO3S. The van der Waals surface area contributed by atoms with Gasteiger partial charge in [0.2, 0.25) is 5.91 Å². The lowest BCUT2D eigenvalue weighted by Crippen LogP contribution is -2.47. The van der Waals surface area contributed by atoms with Crippen molar-refractivity contribution in [2.75, 3.05) is 5.32 Å². The summed E-state index contributed by atoms with van der Waals surface area (Å²) in [7, 11) is -3.77. The summed E-state index contributed by atoms with van der Waals surface area (Å²) in [6.07, 6.45) is 2.21. The van der Waals surface area contributed by atoms with Crippen molar-refractivity contribution >= 4 is 21.4 Å². The van der Waals surface area contributed by atoms with Crippen molar-refractivity contribution in [1.29, 1.82) is 0 Å². The third-order valence-electron chi connectivity index (χ3n) is 5.44. The number of carbonyl (C=O) groups excluding carboxylic acids is 1. The Kier molecular flexibility index (Phi) is 4.93. The highest BCUT2D eigenvalue weighted by atomic mass is 32.2. The van der Waals surface area contributed by atoms with Crippen LogP contribution in [0, 0.1) is 20.8 Å². The molecule has 0 spiro atoms. The first kappa shape index (κ1) is 18.6. The van der Waals surface area contributed by atoms with Crippen LogP contribution in [-0.4, -0.2) is 19.1 Å². The van der Waals surface area contributed by atoms with Crippen LogP contribution in [0.4, 0.5) is 5.69 Å². The maximum Gasteiger partial charge on any atom is 0.246 e. The molecule has 0 aromatic heterocycles. The zero-order valence-corrected chi connectivity index (χ0v) is 16.3. The molecule has 138 valence electrons. The van der Waals surface area contributed by atoms with Crippen molar-refractivity contribution in [3.05, 3.63) is 59.2 Å². The molecule has 0 radical (unpaired) electrons. The minimum atomic E-state index is -3.77. The van der Waals surface area contributed by atoms with Gasteiger partial charge >= 0.3 is 0 Å². The SMILES string of the molecule is Cc1ccc(S(=O)(=O)C2(C(=O)Nc3ccc(C)c(C)c3)CCCC2)cc1. The van der Waals surface area contributed by atoms with Crippen LogP contribution in [0.15, 0.2) is 47.4 Å². The Hall–Kier alpha value is -2.14. The summed E-state index contributed by atoms with van der Waals surface area (Å²) in [5.41, 5.74) is 3.82. The molecule has 3 rings (SSSR count). The van der Waals surface area contributed by atoms with Crippen LogP contribution in [0.2, 0.25) is 0 Å². The van der Waals surface area contributed by atoms with Gasteiger partial charge in [0.25, 0.3) is 0 Å². The van der Waals surface area contributed by atoms with Gasteiger partial charge in [-0.1, -0.05) is 36.6 Å². The van der Waals surface area contributed by atoms with E-state index < -0.39 is 20.5 Å². The molecule has 26 heavy (non-hydrogen) atoms. The highest BCUT2D eigenvalue weighted by Gasteiger charge is 2.52. The molecule has 1 fully saturated rings. The highest BCUT2D eigenvalue weighted by molar-refractivity contribution is 7.93. The fraction of sp³-hybridized carbons (Fsp3) is 0.381. The van der Waals surface area contributed by atoms with E-state index in [9.17, 15) is 13.2 Å². The lowest BCUT2D eigenvalue weighted by molar-refractivity contribution is -0.118. The maximum absolute atomic E-state index is 13.4. The highest BCUT2D eigenvalue weighted by Crippen LogP contribution is 2.41. The molecule has 4 nitrogen and oxygen atoms in total. The first-order valence-corrected chi connectivity index (χ1v) is 10.4. The number of hydrogen-bond acceptors (Lipinski definition) is 3. The predicted molar refractivity (Wildman–Crippen MR) is 104 cm³/mol. The summed E-state index contributed by atoms with van der Waals surface area (Å²) in [4.78, 5) is 13.4. The van der Waals surface area contributed by atoms with Crippen molar-refractivity contribution in [2.24, 2.45) is 0 Å². The summed E-state index contributed by atoms with van der Waals surface area (Å²) >= 11 is 0. The summed E-state index contributed by atoms with van der Waals surface area (Å²) in [6, 6.07) is 12.4. The summed E-state index contributed by atoms with van der Waals surface area (Å²) in [5, 5.41) is 2.86. The van der Waals surface area contributed by atoms with E-state index in [0.29, 0.717) is 18.5 Å². The number of amides is 1. The monoisotopic (exact) mass is 371 g/mol. The third kappa shape index (κ3) is 3.16. The molecule has 2 aromatic carbocycles. The van der Waals surface area contributed by atoms with E-state index >= 15 is 0 Å². The summed E-state index contributed by atoms with van der Waals surface area (Å²) < 4.78 is 25.3. The number of benzene rings is 2. The zero-order valence-electron chi connectivity index (χ0n) is 15.5. The normalized spacial score (nSPS) is 16.4. The van der Waals surface area contributed by atoms with Crippen LogP contribution >= 0.6 is 0 Å². The van der Waals surface area contributed by atoms with Gasteiger partial charge < -0.3 is 5.32 Å². The van der Waals surface area contributed by atoms with Gasteiger partial charge in [-0.3, -0.25) is 4.79 Å². The van der Waals surface area contributed by atoms with Crippen LogP contribution in [-0.2, 0) is 14.6 Å². The van der Waals surface area contributed by atoms with Crippen molar-refractivity contribution in [3.8, 4) is 0 Å². The number of anilines is 1. The van der Waals surface area contributed by atoms with Crippen LogP contribution in [0.3, 0.4) is 0 Å². The first-order valence-electron chi connectivity index (χ1n) is 8.96. The van der Waals surface area contributed by atoms with Crippen molar-refractivity contribution < 1.29 is 13.2 Å². The number of sulfone groups is 1. The molecule has 0 bridgehead atoms. The fourth-order valence-corrected chi connectivity index (χ4v) is 5.64. The Bertz CT molecular complexity index is 924. The minimum Gasteiger partial charge on any atom is -0.325 e. The van der Waals surface area contributed by atoms with Gasteiger partial charge in [0.15, 0.2) is 14.6 Å². The van der Waals surface area contributed by atoms with E-state index in [4.69, 9.17) is 0 Å². The molecule has 0 unspecified atom stereocenters. The van der Waals surface area contributed by atoms with Crippen molar-refractivity contribution in [1.82, 2.24) is 0 Å². The molecule has 1 aliphatic rings. The molecule has 1 amide bonds. The van der Waals surface area contributed by atoms with Gasteiger partial charge in [0.05, 0.1) is 4.90 Å². The molecule has 0 heterocycles. The molecule has 5 heteroatoms. The minimum absolute atomic E-state index is 0.222. The standard InChI is InChI=1S/C21H25NO3S/c1-15-6-10-19(11-7-15)26(24,25)21(12-4-5-13-21)20(23)22-18-9-8-16(2)17(3)14-18/h6-11,14H,4-5,12-13H2,1-3H3,(H,22,23). The van der Waals surface area contributed by atoms with E-state index in [2.05, 4.69) is 5.32 Å². The lowest BCUT2D eigenvalue weighted by Gasteiger charge is -2.28. The summed E-state index contributed by atoms with van der Waals surface area (Å²) in [6.45, 7) is 5.88. The Balaban J connectivity index is 1.97. The Morgan fingerprint density at radius 3 is 2.12 bits per heavy atom. The number of rotatable bonds is 4. The predicted octanol–water partition coefficient (Wildman–Crippen LogP) is 4.34. The molecule has 0 aliphatic heterocycles. The number of aryl methyl sites for hydroxylation is 3. The van der Waals surface area contributed by atoms with Crippen molar-refractivity contribution in [3.63, 3.8) is 0 Å². The van der Waals surface area contributed by atoms with E-state index in [-0.39, 0.29) is 4.90 Å².